The van der Waals surface area contributed by atoms with E-state index in [9.17, 15) is 4.79 Å². The molecular weight excluding hydrogens is 310 g/mol. The molecule has 3 rings (SSSR count). The lowest BCUT2D eigenvalue weighted by Gasteiger charge is -2.20. The number of aryl methyl sites for hydroxylation is 2. The fourth-order valence-electron chi connectivity index (χ4n) is 2.78. The van der Waals surface area contributed by atoms with Gasteiger partial charge in [-0.3, -0.25) is 4.79 Å². The lowest BCUT2D eigenvalue weighted by atomic mass is 10.1. The Hall–Kier alpha value is -2.02. The third-order valence-electron chi connectivity index (χ3n) is 3.93. The van der Waals surface area contributed by atoms with Crippen LogP contribution >= 0.6 is 11.8 Å². The minimum Gasteiger partial charge on any atom is -0.371 e. The number of carbonyl (C=O) groups excluding carboxylic acids is 1. The van der Waals surface area contributed by atoms with Crippen molar-refractivity contribution in [1.82, 2.24) is 14.8 Å². The summed E-state index contributed by atoms with van der Waals surface area (Å²) in [6.07, 6.45) is 4.15. The van der Waals surface area contributed by atoms with Crippen LogP contribution in [0.4, 0.5) is 11.4 Å². The van der Waals surface area contributed by atoms with Gasteiger partial charge in [-0.2, -0.15) is 0 Å². The second-order valence-electron chi connectivity index (χ2n) is 5.76. The maximum atomic E-state index is 12.1. The van der Waals surface area contributed by atoms with Gasteiger partial charge in [-0.1, -0.05) is 11.8 Å². The van der Waals surface area contributed by atoms with Crippen LogP contribution in [0.25, 0.3) is 0 Å². The van der Waals surface area contributed by atoms with Crippen LogP contribution in [0.15, 0.2) is 29.7 Å². The molecule has 1 aliphatic rings. The van der Waals surface area contributed by atoms with Crippen molar-refractivity contribution in [3.63, 3.8) is 0 Å². The van der Waals surface area contributed by atoms with Crippen LogP contribution in [0.3, 0.4) is 0 Å². The number of nitrogens with zero attached hydrogens (tertiary/aromatic N) is 4. The summed E-state index contributed by atoms with van der Waals surface area (Å²) in [7, 11) is 1.86. The smallest absolute Gasteiger partial charge is 0.234 e. The molecule has 23 heavy (non-hydrogen) atoms. The number of hydrogen-bond donors (Lipinski definition) is 1. The Morgan fingerprint density at radius 1 is 1.35 bits per heavy atom. The number of amides is 1. The molecular formula is C16H21N5OS. The van der Waals surface area contributed by atoms with Crippen LogP contribution in [0.1, 0.15) is 18.4 Å². The lowest BCUT2D eigenvalue weighted by Crippen LogP contribution is -2.19. The lowest BCUT2D eigenvalue weighted by molar-refractivity contribution is -0.113. The quantitative estimate of drug-likeness (QED) is 0.853. The summed E-state index contributed by atoms with van der Waals surface area (Å²) >= 11 is 1.38. The van der Waals surface area contributed by atoms with Gasteiger partial charge in [-0.05, 0) is 43.5 Å². The molecule has 1 saturated heterocycles. The zero-order valence-electron chi connectivity index (χ0n) is 13.5. The Morgan fingerprint density at radius 3 is 2.78 bits per heavy atom. The molecule has 1 aromatic carbocycles. The summed E-state index contributed by atoms with van der Waals surface area (Å²) in [5.74, 6) is 0.283. The first-order valence-electron chi connectivity index (χ1n) is 7.76. The molecule has 122 valence electrons. The Morgan fingerprint density at radius 2 is 2.13 bits per heavy atom. The van der Waals surface area contributed by atoms with E-state index in [1.165, 1.54) is 35.9 Å². The number of hydrogen-bond acceptors (Lipinski definition) is 5. The molecule has 2 heterocycles. The van der Waals surface area contributed by atoms with Crippen molar-refractivity contribution in [2.75, 3.05) is 29.1 Å². The molecule has 1 aromatic heterocycles. The molecule has 0 bridgehead atoms. The summed E-state index contributed by atoms with van der Waals surface area (Å²) in [5.41, 5.74) is 3.31. The molecule has 0 atom stereocenters. The summed E-state index contributed by atoms with van der Waals surface area (Å²) in [6.45, 7) is 4.35. The Labute approximate surface area is 140 Å². The van der Waals surface area contributed by atoms with Gasteiger partial charge in [0.05, 0.1) is 5.75 Å². The molecule has 0 unspecified atom stereocenters. The van der Waals surface area contributed by atoms with Gasteiger partial charge in [0.1, 0.15) is 6.33 Å². The first-order chi connectivity index (χ1) is 11.1. The van der Waals surface area contributed by atoms with E-state index < -0.39 is 0 Å². The Bertz CT molecular complexity index is 694. The monoisotopic (exact) mass is 331 g/mol. The van der Waals surface area contributed by atoms with E-state index in [4.69, 9.17) is 0 Å². The standard InChI is InChI=1S/C16H21N5OS/c1-12-9-13(5-6-14(12)21-7-3-4-8-21)18-15(22)10-23-16-19-17-11-20(16)2/h5-6,9,11H,3-4,7-8,10H2,1-2H3,(H,18,22). The SMILES string of the molecule is Cc1cc(NC(=O)CSc2nncn2C)ccc1N1CCCC1. The molecule has 1 N–H and O–H groups in total. The van der Waals surface area contributed by atoms with Gasteiger partial charge in [0.2, 0.25) is 5.91 Å². The second kappa shape index (κ2) is 7.04. The number of carbonyl (C=O) groups is 1. The fourth-order valence-corrected chi connectivity index (χ4v) is 3.46. The van der Waals surface area contributed by atoms with Crippen molar-refractivity contribution >= 4 is 29.0 Å². The molecule has 0 spiro atoms. The molecule has 7 heteroatoms. The van der Waals surface area contributed by atoms with E-state index in [0.717, 1.165) is 23.9 Å². The van der Waals surface area contributed by atoms with Crippen molar-refractivity contribution < 1.29 is 4.79 Å². The molecule has 2 aromatic rings. The molecule has 6 nitrogen and oxygen atoms in total. The van der Waals surface area contributed by atoms with Crippen LogP contribution in [-0.2, 0) is 11.8 Å². The predicted molar refractivity (Wildman–Crippen MR) is 93.0 cm³/mol. The predicted octanol–water partition coefficient (Wildman–Crippen LogP) is 2.45. The maximum absolute atomic E-state index is 12.1. The van der Waals surface area contributed by atoms with Crippen LogP contribution in [0, 0.1) is 6.92 Å². The zero-order chi connectivity index (χ0) is 16.2. The first-order valence-corrected chi connectivity index (χ1v) is 8.74. The van der Waals surface area contributed by atoms with Crippen molar-refractivity contribution in [1.29, 1.82) is 0 Å². The Balaban J connectivity index is 1.58. The van der Waals surface area contributed by atoms with Crippen molar-refractivity contribution in [2.45, 2.75) is 24.9 Å². The number of aromatic nitrogens is 3. The fraction of sp³-hybridized carbons (Fsp3) is 0.438. The third-order valence-corrected chi connectivity index (χ3v) is 4.96. The van der Waals surface area contributed by atoms with Crippen LogP contribution in [0.5, 0.6) is 0 Å². The van der Waals surface area contributed by atoms with Gasteiger partial charge in [-0.25, -0.2) is 0 Å². The van der Waals surface area contributed by atoms with Gasteiger partial charge in [0.25, 0.3) is 0 Å². The summed E-state index contributed by atoms with van der Waals surface area (Å²) in [5, 5.41) is 11.4. The van der Waals surface area contributed by atoms with E-state index in [-0.39, 0.29) is 5.91 Å². The largest absolute Gasteiger partial charge is 0.371 e. The van der Waals surface area contributed by atoms with Gasteiger partial charge in [-0.15, -0.1) is 10.2 Å². The minimum atomic E-state index is -0.0358. The number of nitrogens with one attached hydrogen (secondary N) is 1. The van der Waals surface area contributed by atoms with Gasteiger partial charge >= 0.3 is 0 Å². The number of rotatable bonds is 5. The van der Waals surface area contributed by atoms with Gasteiger partial charge in [0, 0.05) is 31.5 Å². The number of benzene rings is 1. The Kier molecular flexibility index (Phi) is 4.85. The van der Waals surface area contributed by atoms with Crippen molar-refractivity contribution in [3.8, 4) is 0 Å². The first kappa shape index (κ1) is 15.9. The highest BCUT2D eigenvalue weighted by Gasteiger charge is 2.15. The van der Waals surface area contributed by atoms with E-state index in [1.807, 2.05) is 19.2 Å². The summed E-state index contributed by atoms with van der Waals surface area (Å²) < 4.78 is 1.80. The number of thioether (sulfide) groups is 1. The van der Waals surface area contributed by atoms with Crippen LogP contribution in [0.2, 0.25) is 0 Å². The second-order valence-corrected chi connectivity index (χ2v) is 6.70. The van der Waals surface area contributed by atoms with E-state index in [2.05, 4.69) is 33.4 Å². The molecule has 0 saturated carbocycles. The normalized spacial score (nSPS) is 14.3. The third kappa shape index (κ3) is 3.85. The summed E-state index contributed by atoms with van der Waals surface area (Å²) in [6, 6.07) is 6.12. The van der Waals surface area contributed by atoms with Crippen molar-refractivity contribution in [2.24, 2.45) is 7.05 Å². The molecule has 1 fully saturated rings. The highest BCUT2D eigenvalue weighted by molar-refractivity contribution is 7.99. The average molecular weight is 331 g/mol. The average Bonchev–Trinajstić information content (AvgIpc) is 3.17. The maximum Gasteiger partial charge on any atom is 0.234 e. The molecule has 1 aliphatic heterocycles. The van der Waals surface area contributed by atoms with Crippen LogP contribution < -0.4 is 10.2 Å². The van der Waals surface area contributed by atoms with Crippen LogP contribution in [-0.4, -0.2) is 39.5 Å². The molecule has 0 radical (unpaired) electrons. The minimum absolute atomic E-state index is 0.0358. The molecule has 1 amide bonds. The summed E-state index contributed by atoms with van der Waals surface area (Å²) in [4.78, 5) is 14.5. The van der Waals surface area contributed by atoms with E-state index >= 15 is 0 Å². The topological polar surface area (TPSA) is 63.1 Å². The zero-order valence-corrected chi connectivity index (χ0v) is 14.3. The number of anilines is 2. The highest BCUT2D eigenvalue weighted by atomic mass is 32.2. The van der Waals surface area contributed by atoms with Crippen molar-refractivity contribution in [3.05, 3.63) is 30.1 Å². The highest BCUT2D eigenvalue weighted by Crippen LogP contribution is 2.26. The van der Waals surface area contributed by atoms with E-state index in [0.29, 0.717) is 5.75 Å². The van der Waals surface area contributed by atoms with Gasteiger partial charge in [0.15, 0.2) is 5.16 Å². The van der Waals surface area contributed by atoms with E-state index in [1.54, 1.807) is 10.9 Å². The van der Waals surface area contributed by atoms with Gasteiger partial charge < -0.3 is 14.8 Å². The molecule has 0 aliphatic carbocycles.